The monoisotopic (exact) mass is 390 g/mol. The lowest BCUT2D eigenvalue weighted by molar-refractivity contribution is -0.274. The molecular formula is C14H10BrF3N2OS. The Morgan fingerprint density at radius 2 is 1.59 bits per heavy atom. The third kappa shape index (κ3) is 5.53. The predicted octanol–water partition coefficient (Wildman–Crippen LogP) is 5.16. The van der Waals surface area contributed by atoms with Gasteiger partial charge in [0.05, 0.1) is 0 Å². The van der Waals surface area contributed by atoms with Crippen LogP contribution < -0.4 is 15.4 Å². The van der Waals surface area contributed by atoms with Crippen LogP contribution in [0.2, 0.25) is 0 Å². The number of thiocarbonyl (C=S) groups is 1. The number of anilines is 2. The Hall–Kier alpha value is -1.80. The van der Waals surface area contributed by atoms with Gasteiger partial charge < -0.3 is 15.4 Å². The fourth-order valence-corrected chi connectivity index (χ4v) is 2.27. The van der Waals surface area contributed by atoms with Crippen LogP contribution in [-0.4, -0.2) is 11.5 Å². The zero-order valence-electron chi connectivity index (χ0n) is 10.9. The molecule has 0 amide bonds. The zero-order chi connectivity index (χ0) is 16.2. The fourth-order valence-electron chi connectivity index (χ4n) is 1.63. The normalized spacial score (nSPS) is 10.9. The van der Waals surface area contributed by atoms with E-state index in [-0.39, 0.29) is 10.9 Å². The third-order valence-electron chi connectivity index (χ3n) is 2.41. The van der Waals surface area contributed by atoms with Crippen molar-refractivity contribution in [2.24, 2.45) is 0 Å². The molecule has 2 N–H and O–H groups in total. The summed E-state index contributed by atoms with van der Waals surface area (Å²) < 4.78 is 41.3. The molecule has 22 heavy (non-hydrogen) atoms. The van der Waals surface area contributed by atoms with Gasteiger partial charge in [0.15, 0.2) is 5.11 Å². The van der Waals surface area contributed by atoms with Crippen LogP contribution in [0.25, 0.3) is 0 Å². The topological polar surface area (TPSA) is 33.3 Å². The second kappa shape index (κ2) is 6.97. The minimum Gasteiger partial charge on any atom is -0.406 e. The van der Waals surface area contributed by atoms with Crippen LogP contribution in [0.15, 0.2) is 53.0 Å². The van der Waals surface area contributed by atoms with Gasteiger partial charge in [0.25, 0.3) is 0 Å². The van der Waals surface area contributed by atoms with E-state index in [1.54, 1.807) is 6.07 Å². The van der Waals surface area contributed by atoms with Crippen molar-refractivity contribution < 1.29 is 17.9 Å². The molecule has 0 saturated heterocycles. The molecule has 0 heterocycles. The molecule has 2 rings (SSSR count). The Labute approximate surface area is 138 Å². The van der Waals surface area contributed by atoms with Crippen LogP contribution in [0.4, 0.5) is 24.5 Å². The van der Waals surface area contributed by atoms with Crippen LogP contribution in [0.3, 0.4) is 0 Å². The minimum atomic E-state index is -4.73. The molecule has 0 spiro atoms. The standard InChI is InChI=1S/C14H10BrF3N2OS/c15-9-3-1-4-10(7-9)19-13(22)20-11-5-2-6-12(8-11)21-14(16,17)18/h1-8H,(H2,19,20,22). The van der Waals surface area contributed by atoms with Crippen molar-refractivity contribution >= 4 is 44.6 Å². The Kier molecular flexibility index (Phi) is 5.25. The average molecular weight is 391 g/mol. The number of rotatable bonds is 3. The van der Waals surface area contributed by atoms with Gasteiger partial charge in [0.2, 0.25) is 0 Å². The Morgan fingerprint density at radius 3 is 2.18 bits per heavy atom. The summed E-state index contributed by atoms with van der Waals surface area (Å²) in [6.45, 7) is 0. The Morgan fingerprint density at radius 1 is 1.00 bits per heavy atom. The molecule has 0 aliphatic heterocycles. The van der Waals surface area contributed by atoms with Crippen LogP contribution >= 0.6 is 28.1 Å². The Bertz CT molecular complexity index is 679. The van der Waals surface area contributed by atoms with Crippen LogP contribution in [0.5, 0.6) is 5.75 Å². The summed E-state index contributed by atoms with van der Waals surface area (Å²) in [5.74, 6) is -0.317. The first-order chi connectivity index (χ1) is 10.3. The molecule has 0 atom stereocenters. The number of alkyl halides is 3. The molecule has 0 aliphatic rings. The first-order valence-corrected chi connectivity index (χ1v) is 7.21. The minimum absolute atomic E-state index is 0.252. The smallest absolute Gasteiger partial charge is 0.406 e. The summed E-state index contributed by atoms with van der Waals surface area (Å²) in [5, 5.41) is 5.97. The van der Waals surface area contributed by atoms with E-state index in [0.29, 0.717) is 5.69 Å². The number of nitrogens with one attached hydrogen (secondary N) is 2. The van der Waals surface area contributed by atoms with E-state index in [1.165, 1.54) is 18.2 Å². The lowest BCUT2D eigenvalue weighted by Crippen LogP contribution is -2.20. The van der Waals surface area contributed by atoms with Crippen molar-refractivity contribution in [2.45, 2.75) is 6.36 Å². The van der Waals surface area contributed by atoms with Crippen molar-refractivity contribution in [3.8, 4) is 5.75 Å². The van der Waals surface area contributed by atoms with Gasteiger partial charge in [0.1, 0.15) is 5.75 Å². The highest BCUT2D eigenvalue weighted by molar-refractivity contribution is 9.10. The number of hydrogen-bond donors (Lipinski definition) is 2. The number of hydrogen-bond acceptors (Lipinski definition) is 2. The van der Waals surface area contributed by atoms with E-state index < -0.39 is 6.36 Å². The lowest BCUT2D eigenvalue weighted by atomic mass is 10.3. The SMILES string of the molecule is FC(F)(F)Oc1cccc(NC(=S)Nc2cccc(Br)c2)c1. The first-order valence-electron chi connectivity index (χ1n) is 6.01. The molecule has 0 unspecified atom stereocenters. The summed E-state index contributed by atoms with van der Waals surface area (Å²) in [6.07, 6.45) is -4.73. The third-order valence-corrected chi connectivity index (χ3v) is 3.11. The summed E-state index contributed by atoms with van der Waals surface area (Å²) in [4.78, 5) is 0. The van der Waals surface area contributed by atoms with E-state index in [2.05, 4.69) is 31.3 Å². The van der Waals surface area contributed by atoms with E-state index in [0.717, 1.165) is 10.2 Å². The molecule has 0 radical (unpaired) electrons. The van der Waals surface area contributed by atoms with Crippen molar-refractivity contribution in [3.63, 3.8) is 0 Å². The van der Waals surface area contributed by atoms with Crippen molar-refractivity contribution in [3.05, 3.63) is 53.0 Å². The van der Waals surface area contributed by atoms with E-state index >= 15 is 0 Å². The highest BCUT2D eigenvalue weighted by Crippen LogP contribution is 2.25. The van der Waals surface area contributed by atoms with Crippen LogP contribution in [-0.2, 0) is 0 Å². The van der Waals surface area contributed by atoms with Gasteiger partial charge in [-0.15, -0.1) is 13.2 Å². The molecule has 8 heteroatoms. The maximum atomic E-state index is 12.2. The summed E-state index contributed by atoms with van der Waals surface area (Å²) in [5.41, 5.74) is 1.13. The molecule has 2 aromatic rings. The van der Waals surface area contributed by atoms with Gasteiger partial charge in [-0.25, -0.2) is 0 Å². The first kappa shape index (κ1) is 16.6. The quantitative estimate of drug-likeness (QED) is 0.709. The zero-order valence-corrected chi connectivity index (χ0v) is 13.3. The van der Waals surface area contributed by atoms with Gasteiger partial charge in [-0.05, 0) is 42.5 Å². The fraction of sp³-hybridized carbons (Fsp3) is 0.0714. The van der Waals surface area contributed by atoms with Gasteiger partial charge in [-0.3, -0.25) is 0 Å². The second-order valence-corrected chi connectivity index (χ2v) is 5.49. The molecule has 2 aromatic carbocycles. The summed E-state index contributed by atoms with van der Waals surface area (Å²) in [7, 11) is 0. The highest BCUT2D eigenvalue weighted by atomic mass is 79.9. The van der Waals surface area contributed by atoms with Crippen molar-refractivity contribution in [1.29, 1.82) is 0 Å². The largest absolute Gasteiger partial charge is 0.573 e. The number of ether oxygens (including phenoxy) is 1. The average Bonchev–Trinajstić information content (AvgIpc) is 2.36. The molecular weight excluding hydrogens is 381 g/mol. The van der Waals surface area contributed by atoms with E-state index in [1.807, 2.05) is 24.3 Å². The maximum absolute atomic E-state index is 12.2. The number of benzene rings is 2. The Balaban J connectivity index is 2.01. The molecule has 0 bridgehead atoms. The molecule has 0 aromatic heterocycles. The maximum Gasteiger partial charge on any atom is 0.573 e. The molecule has 0 fully saturated rings. The molecule has 3 nitrogen and oxygen atoms in total. The van der Waals surface area contributed by atoms with E-state index in [4.69, 9.17) is 12.2 Å². The summed E-state index contributed by atoms with van der Waals surface area (Å²) in [6, 6.07) is 12.8. The van der Waals surface area contributed by atoms with Crippen molar-refractivity contribution in [1.82, 2.24) is 0 Å². The van der Waals surface area contributed by atoms with Crippen LogP contribution in [0.1, 0.15) is 0 Å². The predicted molar refractivity (Wildman–Crippen MR) is 87.1 cm³/mol. The summed E-state index contributed by atoms with van der Waals surface area (Å²) >= 11 is 8.44. The second-order valence-electron chi connectivity index (χ2n) is 4.17. The number of halogens is 4. The highest BCUT2D eigenvalue weighted by Gasteiger charge is 2.31. The van der Waals surface area contributed by atoms with Gasteiger partial charge in [-0.2, -0.15) is 0 Å². The molecule has 0 aliphatic carbocycles. The van der Waals surface area contributed by atoms with Crippen LogP contribution in [0, 0.1) is 0 Å². The van der Waals surface area contributed by atoms with Crippen molar-refractivity contribution in [2.75, 3.05) is 10.6 Å². The van der Waals surface area contributed by atoms with E-state index in [9.17, 15) is 13.2 Å². The van der Waals surface area contributed by atoms with Gasteiger partial charge in [-0.1, -0.05) is 28.1 Å². The van der Waals surface area contributed by atoms with Gasteiger partial charge >= 0.3 is 6.36 Å². The van der Waals surface area contributed by atoms with Gasteiger partial charge in [0, 0.05) is 21.9 Å². The molecule has 116 valence electrons. The lowest BCUT2D eigenvalue weighted by Gasteiger charge is -2.13. The molecule has 0 saturated carbocycles.